The second kappa shape index (κ2) is 4.47. The van der Waals surface area contributed by atoms with Crippen molar-refractivity contribution in [2.45, 2.75) is 13.5 Å². The Hall–Kier alpha value is -1.39. The van der Waals surface area contributed by atoms with Crippen molar-refractivity contribution >= 4 is 39.9 Å². The second-order valence-corrected chi connectivity index (χ2v) is 4.36. The van der Waals surface area contributed by atoms with Crippen LogP contribution in [0.1, 0.15) is 6.92 Å². The van der Waals surface area contributed by atoms with Gasteiger partial charge in [-0.3, -0.25) is 14.2 Å². The number of fused-ring (bicyclic) bond motifs is 1. The zero-order valence-corrected chi connectivity index (χ0v) is 10.4. The van der Waals surface area contributed by atoms with Gasteiger partial charge in [0, 0.05) is 0 Å². The van der Waals surface area contributed by atoms with Crippen LogP contribution < -0.4 is 5.56 Å². The maximum absolute atomic E-state index is 12.1. The van der Waals surface area contributed by atoms with Crippen molar-refractivity contribution in [2.24, 2.45) is 0 Å². The van der Waals surface area contributed by atoms with Crippen LogP contribution in [0.25, 0.3) is 10.9 Å². The summed E-state index contributed by atoms with van der Waals surface area (Å²) in [5, 5.41) is 0.672. The summed E-state index contributed by atoms with van der Waals surface area (Å²) in [5.41, 5.74) is -0.0123. The molecule has 0 atom stereocenters. The van der Waals surface area contributed by atoms with Crippen molar-refractivity contribution in [3.63, 3.8) is 0 Å². The van der Waals surface area contributed by atoms with E-state index in [9.17, 15) is 9.59 Å². The topological polar surface area (TPSA) is 52.0 Å². The van der Waals surface area contributed by atoms with E-state index in [1.807, 2.05) is 0 Å². The van der Waals surface area contributed by atoms with Crippen LogP contribution in [0.4, 0.5) is 0 Å². The summed E-state index contributed by atoms with van der Waals surface area (Å²) in [6.07, 6.45) is 0. The van der Waals surface area contributed by atoms with Crippen LogP contribution in [0.15, 0.2) is 23.0 Å². The predicted molar refractivity (Wildman–Crippen MR) is 66.7 cm³/mol. The molecule has 0 aliphatic rings. The zero-order chi connectivity index (χ0) is 12.6. The third-order valence-corrected chi connectivity index (χ3v) is 2.86. The molecule has 0 saturated carbocycles. The van der Waals surface area contributed by atoms with Gasteiger partial charge < -0.3 is 0 Å². The smallest absolute Gasteiger partial charge is 0.262 e. The van der Waals surface area contributed by atoms with Crippen molar-refractivity contribution in [1.29, 1.82) is 0 Å². The maximum atomic E-state index is 12.1. The number of para-hydroxylation sites is 1. The SMILES string of the molecule is CC(=O)Cn1c(Cl)nc2c(Cl)cccc2c1=O. The van der Waals surface area contributed by atoms with Crippen LogP contribution in [-0.2, 0) is 11.3 Å². The third-order valence-electron chi connectivity index (χ3n) is 2.27. The van der Waals surface area contributed by atoms with Crippen LogP contribution in [-0.4, -0.2) is 15.3 Å². The van der Waals surface area contributed by atoms with Gasteiger partial charge in [0.15, 0.2) is 0 Å². The first-order chi connectivity index (χ1) is 8.00. The molecule has 1 aromatic heterocycles. The lowest BCUT2D eigenvalue weighted by Crippen LogP contribution is -2.25. The van der Waals surface area contributed by atoms with Gasteiger partial charge in [0.05, 0.1) is 22.5 Å². The van der Waals surface area contributed by atoms with E-state index < -0.39 is 0 Å². The normalized spacial score (nSPS) is 10.8. The average molecular weight is 271 g/mol. The number of hydrogen-bond donors (Lipinski definition) is 0. The highest BCUT2D eigenvalue weighted by Crippen LogP contribution is 2.20. The van der Waals surface area contributed by atoms with E-state index in [0.29, 0.717) is 15.9 Å². The van der Waals surface area contributed by atoms with E-state index in [0.717, 1.165) is 4.57 Å². The van der Waals surface area contributed by atoms with Crippen LogP contribution >= 0.6 is 23.2 Å². The summed E-state index contributed by atoms with van der Waals surface area (Å²) in [6.45, 7) is 1.29. The lowest BCUT2D eigenvalue weighted by atomic mass is 10.2. The highest BCUT2D eigenvalue weighted by molar-refractivity contribution is 6.35. The standard InChI is InChI=1S/C11H8Cl2N2O2/c1-6(16)5-15-10(17)7-3-2-4-8(12)9(7)14-11(15)13/h2-4H,5H2,1H3. The summed E-state index contributed by atoms with van der Waals surface area (Å²) < 4.78 is 1.13. The van der Waals surface area contributed by atoms with Crippen molar-refractivity contribution in [3.8, 4) is 0 Å². The molecular weight excluding hydrogens is 263 g/mol. The first-order valence-corrected chi connectivity index (χ1v) is 5.60. The number of ketones is 1. The van der Waals surface area contributed by atoms with Crippen LogP contribution in [0.5, 0.6) is 0 Å². The van der Waals surface area contributed by atoms with E-state index >= 15 is 0 Å². The number of benzene rings is 1. The molecule has 0 aliphatic carbocycles. The molecule has 6 heteroatoms. The Kier molecular flexibility index (Phi) is 3.17. The fraction of sp³-hybridized carbons (Fsp3) is 0.182. The maximum Gasteiger partial charge on any atom is 0.262 e. The van der Waals surface area contributed by atoms with Gasteiger partial charge in [-0.05, 0) is 30.7 Å². The van der Waals surface area contributed by atoms with Gasteiger partial charge in [-0.15, -0.1) is 0 Å². The molecule has 0 unspecified atom stereocenters. The van der Waals surface area contributed by atoms with Crippen molar-refractivity contribution in [2.75, 3.05) is 0 Å². The Bertz CT molecular complexity index is 664. The Morgan fingerprint density at radius 2 is 2.12 bits per heavy atom. The minimum Gasteiger partial charge on any atom is -0.298 e. The Morgan fingerprint density at radius 3 is 2.76 bits per heavy atom. The van der Waals surface area contributed by atoms with Gasteiger partial charge in [0.1, 0.15) is 5.78 Å². The lowest BCUT2D eigenvalue weighted by Gasteiger charge is -2.07. The molecular formula is C11H8Cl2N2O2. The third kappa shape index (κ3) is 2.18. The van der Waals surface area contributed by atoms with E-state index in [2.05, 4.69) is 4.98 Å². The zero-order valence-electron chi connectivity index (χ0n) is 8.91. The van der Waals surface area contributed by atoms with Gasteiger partial charge in [0.2, 0.25) is 5.28 Å². The summed E-state index contributed by atoms with van der Waals surface area (Å²) in [5.74, 6) is -0.169. The minimum absolute atomic E-state index is 0.0363. The van der Waals surface area contributed by atoms with Crippen molar-refractivity contribution in [1.82, 2.24) is 9.55 Å². The monoisotopic (exact) mass is 270 g/mol. The predicted octanol–water partition coefficient (Wildman–Crippen LogP) is 2.29. The van der Waals surface area contributed by atoms with Gasteiger partial charge in [-0.25, -0.2) is 4.98 Å². The van der Waals surface area contributed by atoms with Crippen LogP contribution in [0.3, 0.4) is 0 Å². The molecule has 0 amide bonds. The Balaban J connectivity index is 2.81. The van der Waals surface area contributed by atoms with Crippen molar-refractivity contribution in [3.05, 3.63) is 38.9 Å². The van der Waals surface area contributed by atoms with Crippen LogP contribution in [0.2, 0.25) is 10.3 Å². The van der Waals surface area contributed by atoms with Gasteiger partial charge in [-0.2, -0.15) is 0 Å². The molecule has 2 aromatic rings. The molecule has 0 spiro atoms. The van der Waals surface area contributed by atoms with Crippen molar-refractivity contribution < 1.29 is 4.79 Å². The molecule has 0 saturated heterocycles. The van der Waals surface area contributed by atoms with E-state index in [1.54, 1.807) is 18.2 Å². The summed E-state index contributed by atoms with van der Waals surface area (Å²) in [4.78, 5) is 27.1. The van der Waals surface area contributed by atoms with Gasteiger partial charge in [-0.1, -0.05) is 17.7 Å². The molecule has 4 nitrogen and oxygen atoms in total. The lowest BCUT2D eigenvalue weighted by molar-refractivity contribution is -0.117. The van der Waals surface area contributed by atoms with E-state index in [-0.39, 0.29) is 23.2 Å². The molecule has 88 valence electrons. The molecule has 1 aromatic carbocycles. The number of rotatable bonds is 2. The summed E-state index contributed by atoms with van der Waals surface area (Å²) in [6, 6.07) is 4.88. The molecule has 0 aliphatic heterocycles. The Morgan fingerprint density at radius 1 is 1.41 bits per heavy atom. The first kappa shape index (κ1) is 12.1. The van der Waals surface area contributed by atoms with E-state index in [1.165, 1.54) is 6.92 Å². The number of aromatic nitrogens is 2. The highest BCUT2D eigenvalue weighted by atomic mass is 35.5. The first-order valence-electron chi connectivity index (χ1n) is 4.84. The molecule has 2 rings (SSSR count). The quantitative estimate of drug-likeness (QED) is 0.787. The number of halogens is 2. The Labute approximate surface area is 107 Å². The average Bonchev–Trinajstić information content (AvgIpc) is 2.26. The van der Waals surface area contributed by atoms with Gasteiger partial charge >= 0.3 is 0 Å². The molecule has 0 N–H and O–H groups in total. The molecule has 0 radical (unpaired) electrons. The second-order valence-electron chi connectivity index (χ2n) is 3.61. The number of carbonyl (C=O) groups excluding carboxylic acids is 1. The molecule has 0 bridgehead atoms. The highest BCUT2D eigenvalue weighted by Gasteiger charge is 2.12. The van der Waals surface area contributed by atoms with E-state index in [4.69, 9.17) is 23.2 Å². The largest absolute Gasteiger partial charge is 0.298 e. The fourth-order valence-corrected chi connectivity index (χ4v) is 1.98. The number of nitrogens with zero attached hydrogens (tertiary/aromatic N) is 2. The summed E-state index contributed by atoms with van der Waals surface area (Å²) in [7, 11) is 0. The molecule has 0 fully saturated rings. The fourth-order valence-electron chi connectivity index (χ4n) is 1.54. The minimum atomic E-state index is -0.363. The summed E-state index contributed by atoms with van der Waals surface area (Å²) >= 11 is 11.8. The number of hydrogen-bond acceptors (Lipinski definition) is 3. The van der Waals surface area contributed by atoms with Gasteiger partial charge in [0.25, 0.3) is 5.56 Å². The number of Topliss-reactive ketones (excluding diaryl/α,β-unsaturated/α-hetero) is 1. The number of carbonyl (C=O) groups is 1. The van der Waals surface area contributed by atoms with Crippen LogP contribution in [0, 0.1) is 0 Å². The molecule has 17 heavy (non-hydrogen) atoms. The molecule has 1 heterocycles.